The van der Waals surface area contributed by atoms with E-state index in [9.17, 15) is 9.59 Å². The number of aryl methyl sites for hydroxylation is 1. The third-order valence-electron chi connectivity index (χ3n) is 3.71. The van der Waals surface area contributed by atoms with Gasteiger partial charge in [0.1, 0.15) is 5.75 Å². The largest absolute Gasteiger partial charge is 0.466 e. The van der Waals surface area contributed by atoms with Crippen molar-refractivity contribution in [3.05, 3.63) is 28.8 Å². The Hall–Kier alpha value is -1.75. The first kappa shape index (κ1) is 16.6. The van der Waals surface area contributed by atoms with Crippen molar-refractivity contribution in [3.63, 3.8) is 0 Å². The van der Waals surface area contributed by atoms with Crippen molar-refractivity contribution in [3.8, 4) is 5.75 Å². The number of hydrogen-bond acceptors (Lipinski definition) is 4. The normalized spacial score (nSPS) is 15.5. The third-order valence-corrected chi connectivity index (χ3v) is 3.94. The van der Waals surface area contributed by atoms with Crippen LogP contribution in [-0.4, -0.2) is 36.7 Å². The Kier molecular flexibility index (Phi) is 5.66. The Labute approximate surface area is 135 Å². The average molecular weight is 326 g/mol. The molecule has 0 radical (unpaired) electrons. The van der Waals surface area contributed by atoms with Crippen LogP contribution in [0.3, 0.4) is 0 Å². The van der Waals surface area contributed by atoms with Gasteiger partial charge in [0.25, 0.3) is 0 Å². The molecular formula is C16H20ClNO4. The molecule has 22 heavy (non-hydrogen) atoms. The summed E-state index contributed by atoms with van der Waals surface area (Å²) in [6, 6.07) is 5.11. The van der Waals surface area contributed by atoms with E-state index in [-0.39, 0.29) is 11.9 Å². The number of nitrogens with zero attached hydrogens (tertiary/aromatic N) is 1. The maximum atomic E-state index is 12.2. The van der Waals surface area contributed by atoms with E-state index >= 15 is 0 Å². The Morgan fingerprint density at radius 3 is 2.59 bits per heavy atom. The van der Waals surface area contributed by atoms with Crippen molar-refractivity contribution >= 4 is 23.7 Å². The molecule has 1 aliphatic heterocycles. The second kappa shape index (κ2) is 7.49. The van der Waals surface area contributed by atoms with Gasteiger partial charge in [-0.2, -0.15) is 0 Å². The van der Waals surface area contributed by atoms with Gasteiger partial charge in [-0.15, -0.1) is 0 Å². The predicted octanol–water partition coefficient (Wildman–Crippen LogP) is 3.42. The molecule has 1 aromatic rings. The van der Waals surface area contributed by atoms with Crippen LogP contribution in [0.2, 0.25) is 5.02 Å². The minimum Gasteiger partial charge on any atom is -0.466 e. The summed E-state index contributed by atoms with van der Waals surface area (Å²) in [5.41, 5.74) is 0.808. The van der Waals surface area contributed by atoms with Crippen LogP contribution in [-0.2, 0) is 9.53 Å². The lowest BCUT2D eigenvalue weighted by Crippen LogP contribution is -2.42. The molecule has 0 atom stereocenters. The molecule has 1 aliphatic rings. The number of esters is 1. The molecular weight excluding hydrogens is 306 g/mol. The van der Waals surface area contributed by atoms with Gasteiger partial charge in [-0.3, -0.25) is 4.79 Å². The number of hydrogen-bond donors (Lipinski definition) is 0. The van der Waals surface area contributed by atoms with Crippen molar-refractivity contribution in [2.45, 2.75) is 26.7 Å². The first-order valence-electron chi connectivity index (χ1n) is 7.40. The number of carbonyl (C=O) groups is 2. The van der Waals surface area contributed by atoms with Crippen molar-refractivity contribution < 1.29 is 19.1 Å². The summed E-state index contributed by atoms with van der Waals surface area (Å²) in [6.07, 6.45) is 0.814. The molecule has 1 aromatic carbocycles. The molecule has 1 saturated heterocycles. The van der Waals surface area contributed by atoms with Crippen molar-refractivity contribution in [2.75, 3.05) is 19.7 Å². The van der Waals surface area contributed by atoms with Gasteiger partial charge < -0.3 is 14.4 Å². The fraction of sp³-hybridized carbons (Fsp3) is 0.500. The van der Waals surface area contributed by atoms with Crippen LogP contribution in [0.25, 0.3) is 0 Å². The van der Waals surface area contributed by atoms with Gasteiger partial charge in [0, 0.05) is 18.1 Å². The van der Waals surface area contributed by atoms with Crippen LogP contribution in [0, 0.1) is 12.8 Å². The molecule has 0 bridgehead atoms. The van der Waals surface area contributed by atoms with Crippen molar-refractivity contribution in [1.82, 2.24) is 4.90 Å². The Bertz CT molecular complexity index is 553. The van der Waals surface area contributed by atoms with E-state index in [0.29, 0.717) is 43.3 Å². The highest BCUT2D eigenvalue weighted by Crippen LogP contribution is 2.24. The maximum Gasteiger partial charge on any atom is 0.415 e. The van der Waals surface area contributed by atoms with Gasteiger partial charge in [0.05, 0.1) is 12.5 Å². The fourth-order valence-corrected chi connectivity index (χ4v) is 2.67. The molecule has 0 saturated carbocycles. The third kappa shape index (κ3) is 4.13. The first-order valence-corrected chi connectivity index (χ1v) is 7.78. The standard InChI is InChI=1S/C16H20ClNO4/c1-3-21-15(19)12-6-8-18(9-7-12)16(20)22-14-5-4-13(17)10-11(14)2/h4-5,10,12H,3,6-9H2,1-2H3. The molecule has 1 heterocycles. The van der Waals surface area contributed by atoms with Gasteiger partial charge in [-0.05, 0) is 50.5 Å². The van der Waals surface area contributed by atoms with E-state index in [4.69, 9.17) is 21.1 Å². The summed E-state index contributed by atoms with van der Waals surface area (Å²) in [5.74, 6) is 0.201. The number of amides is 1. The summed E-state index contributed by atoms with van der Waals surface area (Å²) < 4.78 is 10.4. The number of benzene rings is 1. The zero-order valence-electron chi connectivity index (χ0n) is 12.8. The molecule has 1 amide bonds. The lowest BCUT2D eigenvalue weighted by atomic mass is 9.97. The highest BCUT2D eigenvalue weighted by Gasteiger charge is 2.29. The highest BCUT2D eigenvalue weighted by atomic mass is 35.5. The van der Waals surface area contributed by atoms with Crippen LogP contribution >= 0.6 is 11.6 Å². The first-order chi connectivity index (χ1) is 10.5. The van der Waals surface area contributed by atoms with Crippen LogP contribution in [0.4, 0.5) is 4.79 Å². The van der Waals surface area contributed by atoms with Crippen molar-refractivity contribution in [2.24, 2.45) is 5.92 Å². The minimum atomic E-state index is -0.396. The number of ether oxygens (including phenoxy) is 2. The maximum absolute atomic E-state index is 12.2. The molecule has 5 nitrogen and oxygen atoms in total. The molecule has 6 heteroatoms. The van der Waals surface area contributed by atoms with E-state index in [2.05, 4.69) is 0 Å². The Morgan fingerprint density at radius 2 is 2.00 bits per heavy atom. The summed E-state index contributed by atoms with van der Waals surface area (Å²) in [5, 5.41) is 0.604. The summed E-state index contributed by atoms with van der Waals surface area (Å²) in [7, 11) is 0. The smallest absolute Gasteiger partial charge is 0.415 e. The van der Waals surface area contributed by atoms with E-state index in [1.807, 2.05) is 6.92 Å². The number of likely N-dealkylation sites (tertiary alicyclic amines) is 1. The molecule has 2 rings (SSSR count). The van der Waals surface area contributed by atoms with Gasteiger partial charge in [-0.25, -0.2) is 4.79 Å². The average Bonchev–Trinajstić information content (AvgIpc) is 2.50. The zero-order chi connectivity index (χ0) is 16.1. The van der Waals surface area contributed by atoms with Gasteiger partial charge >= 0.3 is 12.1 Å². The molecule has 0 N–H and O–H groups in total. The monoisotopic (exact) mass is 325 g/mol. The number of carbonyl (C=O) groups excluding carboxylic acids is 2. The second-order valence-corrected chi connectivity index (χ2v) is 5.73. The zero-order valence-corrected chi connectivity index (χ0v) is 13.6. The molecule has 0 unspecified atom stereocenters. The lowest BCUT2D eigenvalue weighted by molar-refractivity contribution is -0.149. The van der Waals surface area contributed by atoms with Crippen LogP contribution < -0.4 is 4.74 Å². The van der Waals surface area contributed by atoms with E-state index in [0.717, 1.165) is 5.56 Å². The Morgan fingerprint density at radius 1 is 1.32 bits per heavy atom. The number of rotatable bonds is 3. The minimum absolute atomic E-state index is 0.124. The van der Waals surface area contributed by atoms with Gasteiger partial charge in [-0.1, -0.05) is 11.6 Å². The van der Waals surface area contributed by atoms with Crippen molar-refractivity contribution in [1.29, 1.82) is 0 Å². The summed E-state index contributed by atoms with van der Waals surface area (Å²) in [4.78, 5) is 25.4. The number of piperidine rings is 1. The highest BCUT2D eigenvalue weighted by molar-refractivity contribution is 6.30. The van der Waals surface area contributed by atoms with Crippen LogP contribution in [0.1, 0.15) is 25.3 Å². The Balaban J connectivity index is 1.88. The molecule has 0 aliphatic carbocycles. The van der Waals surface area contributed by atoms with E-state index in [1.54, 1.807) is 30.0 Å². The fourth-order valence-electron chi connectivity index (χ4n) is 2.44. The number of halogens is 1. The quantitative estimate of drug-likeness (QED) is 0.799. The van der Waals surface area contributed by atoms with Gasteiger partial charge in [0.15, 0.2) is 0 Å². The predicted molar refractivity (Wildman–Crippen MR) is 83.1 cm³/mol. The molecule has 0 aromatic heterocycles. The van der Waals surface area contributed by atoms with Gasteiger partial charge in [0.2, 0.25) is 0 Å². The van der Waals surface area contributed by atoms with E-state index < -0.39 is 6.09 Å². The van der Waals surface area contributed by atoms with Crippen LogP contribution in [0.15, 0.2) is 18.2 Å². The summed E-state index contributed by atoms with van der Waals surface area (Å²) >= 11 is 5.88. The van der Waals surface area contributed by atoms with Crippen LogP contribution in [0.5, 0.6) is 5.75 Å². The lowest BCUT2D eigenvalue weighted by Gasteiger charge is -2.30. The second-order valence-electron chi connectivity index (χ2n) is 5.29. The summed E-state index contributed by atoms with van der Waals surface area (Å²) in [6.45, 7) is 5.00. The molecule has 1 fully saturated rings. The SMILES string of the molecule is CCOC(=O)C1CCN(C(=O)Oc2ccc(Cl)cc2C)CC1. The topological polar surface area (TPSA) is 55.8 Å². The van der Waals surface area contributed by atoms with E-state index in [1.165, 1.54) is 0 Å². The molecule has 120 valence electrons. The molecule has 0 spiro atoms.